The lowest BCUT2D eigenvalue weighted by Gasteiger charge is -2.21. The highest BCUT2D eigenvalue weighted by molar-refractivity contribution is 5.94. The summed E-state index contributed by atoms with van der Waals surface area (Å²) in [7, 11) is 3.33. The number of hydrogen-bond acceptors (Lipinski definition) is 3. The quantitative estimate of drug-likeness (QED) is 0.860. The minimum absolute atomic E-state index is 0.0201. The van der Waals surface area contributed by atoms with Gasteiger partial charge in [-0.3, -0.25) is 4.79 Å². The summed E-state index contributed by atoms with van der Waals surface area (Å²) in [5.41, 5.74) is 1.94. The molecule has 1 aromatic rings. The number of methoxy groups -OCH3 is 1. The van der Waals surface area contributed by atoms with Crippen molar-refractivity contribution < 1.29 is 14.6 Å². The van der Waals surface area contributed by atoms with Gasteiger partial charge in [-0.2, -0.15) is 0 Å². The van der Waals surface area contributed by atoms with Crippen molar-refractivity contribution >= 4 is 11.6 Å². The second-order valence-electron chi connectivity index (χ2n) is 4.87. The van der Waals surface area contributed by atoms with Gasteiger partial charge in [-0.15, -0.1) is 0 Å². The Balaban J connectivity index is 3.01. The van der Waals surface area contributed by atoms with Gasteiger partial charge in [-0.25, -0.2) is 0 Å². The summed E-state index contributed by atoms with van der Waals surface area (Å²) in [5.74, 6) is 1.06. The SMILES string of the molecule is COc1ccc(C(C)C)cc1N(C)C(=O)CCCO. The Bertz CT molecular complexity index is 429. The van der Waals surface area contributed by atoms with Gasteiger partial charge in [0.25, 0.3) is 0 Å². The third-order valence-corrected chi connectivity index (χ3v) is 3.15. The van der Waals surface area contributed by atoms with Gasteiger partial charge in [-0.1, -0.05) is 19.9 Å². The first kappa shape index (κ1) is 15.5. The molecule has 0 aromatic heterocycles. The summed E-state index contributed by atoms with van der Waals surface area (Å²) in [6.07, 6.45) is 0.817. The minimum Gasteiger partial charge on any atom is -0.495 e. The molecule has 19 heavy (non-hydrogen) atoms. The van der Waals surface area contributed by atoms with Gasteiger partial charge in [0.2, 0.25) is 5.91 Å². The van der Waals surface area contributed by atoms with Crippen LogP contribution in [0.4, 0.5) is 5.69 Å². The summed E-state index contributed by atoms with van der Waals surface area (Å²) in [6, 6.07) is 5.89. The lowest BCUT2D eigenvalue weighted by Crippen LogP contribution is -2.26. The number of carbonyl (C=O) groups excluding carboxylic acids is 1. The second kappa shape index (κ2) is 7.14. The van der Waals surface area contributed by atoms with Crippen molar-refractivity contribution in [2.45, 2.75) is 32.6 Å². The smallest absolute Gasteiger partial charge is 0.226 e. The van der Waals surface area contributed by atoms with Crippen LogP contribution in [0.25, 0.3) is 0 Å². The Morgan fingerprint density at radius 1 is 1.42 bits per heavy atom. The number of hydrogen-bond donors (Lipinski definition) is 1. The molecule has 1 N–H and O–H groups in total. The molecule has 0 saturated heterocycles. The predicted octanol–water partition coefficient (Wildman–Crippen LogP) is 2.55. The average Bonchev–Trinajstić information content (AvgIpc) is 2.42. The number of nitrogens with zero attached hydrogens (tertiary/aromatic N) is 1. The van der Waals surface area contributed by atoms with E-state index in [9.17, 15) is 4.79 Å². The van der Waals surface area contributed by atoms with Gasteiger partial charge in [0.1, 0.15) is 5.75 Å². The van der Waals surface area contributed by atoms with E-state index in [4.69, 9.17) is 9.84 Å². The van der Waals surface area contributed by atoms with Crippen molar-refractivity contribution in [1.82, 2.24) is 0 Å². The Labute approximate surface area is 115 Å². The maximum atomic E-state index is 12.0. The summed E-state index contributed by atoms with van der Waals surface area (Å²) >= 11 is 0. The molecule has 0 radical (unpaired) electrons. The molecule has 0 saturated carbocycles. The van der Waals surface area contributed by atoms with E-state index in [0.29, 0.717) is 24.5 Å². The van der Waals surface area contributed by atoms with Crippen LogP contribution in [0.3, 0.4) is 0 Å². The zero-order chi connectivity index (χ0) is 14.4. The molecule has 0 bridgehead atoms. The van der Waals surface area contributed by atoms with E-state index in [-0.39, 0.29) is 12.5 Å². The highest BCUT2D eigenvalue weighted by Gasteiger charge is 2.16. The first-order chi connectivity index (χ1) is 9.01. The van der Waals surface area contributed by atoms with Crippen LogP contribution < -0.4 is 9.64 Å². The molecule has 1 amide bonds. The number of carbonyl (C=O) groups is 1. The van der Waals surface area contributed by atoms with Crippen molar-refractivity contribution in [2.24, 2.45) is 0 Å². The van der Waals surface area contributed by atoms with Gasteiger partial charge in [0.05, 0.1) is 12.8 Å². The molecule has 0 spiro atoms. The topological polar surface area (TPSA) is 49.8 Å². The van der Waals surface area contributed by atoms with Crippen LogP contribution in [-0.4, -0.2) is 31.8 Å². The molecule has 4 nitrogen and oxygen atoms in total. The van der Waals surface area contributed by atoms with Crippen molar-refractivity contribution in [3.63, 3.8) is 0 Å². The molecule has 0 heterocycles. The summed E-state index contributed by atoms with van der Waals surface area (Å²) in [4.78, 5) is 13.6. The van der Waals surface area contributed by atoms with Crippen LogP contribution in [0.5, 0.6) is 5.75 Å². The van der Waals surface area contributed by atoms with Gasteiger partial charge >= 0.3 is 0 Å². The zero-order valence-electron chi connectivity index (χ0n) is 12.1. The Hall–Kier alpha value is -1.55. The summed E-state index contributed by atoms with van der Waals surface area (Å²) in [6.45, 7) is 4.25. The fourth-order valence-corrected chi connectivity index (χ4v) is 1.86. The third-order valence-electron chi connectivity index (χ3n) is 3.15. The highest BCUT2D eigenvalue weighted by Crippen LogP contribution is 2.31. The minimum atomic E-state index is -0.0201. The Morgan fingerprint density at radius 2 is 2.11 bits per heavy atom. The average molecular weight is 265 g/mol. The molecule has 0 atom stereocenters. The van der Waals surface area contributed by atoms with Crippen molar-refractivity contribution in [3.05, 3.63) is 23.8 Å². The van der Waals surface area contributed by atoms with E-state index in [0.717, 1.165) is 11.3 Å². The molecule has 1 rings (SSSR count). The monoisotopic (exact) mass is 265 g/mol. The largest absolute Gasteiger partial charge is 0.495 e. The van der Waals surface area contributed by atoms with Crippen molar-refractivity contribution in [1.29, 1.82) is 0 Å². The number of rotatable bonds is 6. The lowest BCUT2D eigenvalue weighted by atomic mass is 10.0. The number of benzene rings is 1. The number of ether oxygens (including phenoxy) is 1. The van der Waals surface area contributed by atoms with Crippen molar-refractivity contribution in [2.75, 3.05) is 25.7 Å². The van der Waals surface area contributed by atoms with Crippen LogP contribution in [0, 0.1) is 0 Å². The zero-order valence-corrected chi connectivity index (χ0v) is 12.1. The van der Waals surface area contributed by atoms with Crippen LogP contribution in [0.2, 0.25) is 0 Å². The predicted molar refractivity (Wildman–Crippen MR) is 76.8 cm³/mol. The molecule has 0 unspecified atom stereocenters. The van der Waals surface area contributed by atoms with Crippen LogP contribution in [-0.2, 0) is 4.79 Å². The summed E-state index contributed by atoms with van der Waals surface area (Å²) < 4.78 is 5.31. The Kier molecular flexibility index (Phi) is 5.83. The van der Waals surface area contributed by atoms with Crippen molar-refractivity contribution in [3.8, 4) is 5.75 Å². The van der Waals surface area contributed by atoms with E-state index in [1.165, 1.54) is 0 Å². The van der Waals surface area contributed by atoms with E-state index < -0.39 is 0 Å². The first-order valence-electron chi connectivity index (χ1n) is 6.56. The maximum Gasteiger partial charge on any atom is 0.226 e. The van der Waals surface area contributed by atoms with E-state index in [1.807, 2.05) is 18.2 Å². The molecule has 0 aliphatic heterocycles. The third kappa shape index (κ3) is 3.96. The van der Waals surface area contributed by atoms with Crippen LogP contribution in [0.1, 0.15) is 38.2 Å². The second-order valence-corrected chi connectivity index (χ2v) is 4.87. The van der Waals surface area contributed by atoms with Crippen LogP contribution >= 0.6 is 0 Å². The number of aliphatic hydroxyl groups excluding tert-OH is 1. The van der Waals surface area contributed by atoms with E-state index >= 15 is 0 Å². The molecule has 1 aromatic carbocycles. The molecular weight excluding hydrogens is 242 g/mol. The first-order valence-corrected chi connectivity index (χ1v) is 6.56. The fourth-order valence-electron chi connectivity index (χ4n) is 1.86. The standard InChI is InChI=1S/C15H23NO3/c1-11(2)12-7-8-14(19-4)13(10-12)16(3)15(18)6-5-9-17/h7-8,10-11,17H,5-6,9H2,1-4H3. The maximum absolute atomic E-state index is 12.0. The van der Waals surface area contributed by atoms with E-state index in [1.54, 1.807) is 19.1 Å². The molecule has 0 aliphatic rings. The molecule has 0 fully saturated rings. The highest BCUT2D eigenvalue weighted by atomic mass is 16.5. The number of anilines is 1. The fraction of sp³-hybridized carbons (Fsp3) is 0.533. The molecule has 4 heteroatoms. The van der Waals surface area contributed by atoms with E-state index in [2.05, 4.69) is 13.8 Å². The normalized spacial score (nSPS) is 10.6. The molecule has 0 aliphatic carbocycles. The Morgan fingerprint density at radius 3 is 2.63 bits per heavy atom. The van der Waals surface area contributed by atoms with Gasteiger partial charge < -0.3 is 14.7 Å². The lowest BCUT2D eigenvalue weighted by molar-refractivity contribution is -0.118. The number of amides is 1. The van der Waals surface area contributed by atoms with Crippen LogP contribution in [0.15, 0.2) is 18.2 Å². The molecule has 106 valence electrons. The van der Waals surface area contributed by atoms with Gasteiger partial charge in [-0.05, 0) is 30.0 Å². The molecular formula is C15H23NO3. The van der Waals surface area contributed by atoms with Gasteiger partial charge in [0, 0.05) is 20.1 Å². The number of aliphatic hydroxyl groups is 1. The van der Waals surface area contributed by atoms with Gasteiger partial charge in [0.15, 0.2) is 0 Å². The summed E-state index contributed by atoms with van der Waals surface area (Å²) in [5, 5.41) is 8.79.